The molecule has 10 heteroatoms. The Morgan fingerprint density at radius 3 is 2.48 bits per heavy atom. The molecule has 1 aromatic heterocycles. The number of anilines is 1. The number of benzene rings is 1. The van der Waals surface area contributed by atoms with Crippen molar-refractivity contribution in [1.29, 1.82) is 0 Å². The zero-order chi connectivity index (χ0) is 15.8. The highest BCUT2D eigenvalue weighted by atomic mass is 79.9. The molecule has 0 amide bonds. The summed E-state index contributed by atoms with van der Waals surface area (Å²) < 4.78 is 40.7. The smallest absolute Gasteiger partial charge is 0.265 e. The maximum Gasteiger partial charge on any atom is 0.265 e. The van der Waals surface area contributed by atoms with Crippen molar-refractivity contribution in [2.24, 2.45) is 0 Å². The standard InChI is InChI=1S/C11H5Br2Cl2FN2O2S/c12-5-1-9(11(15)17-4-5)21(19,20)18-10-7(13)2-6(16)3-8(10)14/h1-4,18H. The molecule has 21 heavy (non-hydrogen) atoms. The molecule has 0 aliphatic rings. The van der Waals surface area contributed by atoms with Crippen LogP contribution in [-0.4, -0.2) is 13.4 Å². The minimum Gasteiger partial charge on any atom is -0.277 e. The highest BCUT2D eigenvalue weighted by molar-refractivity contribution is 9.10. The van der Waals surface area contributed by atoms with Gasteiger partial charge in [-0.3, -0.25) is 4.72 Å². The molecule has 2 rings (SSSR count). The Balaban J connectivity index is 2.50. The zero-order valence-corrected chi connectivity index (χ0v) is 15.4. The molecule has 1 heterocycles. The van der Waals surface area contributed by atoms with E-state index in [2.05, 4.69) is 41.6 Å². The number of rotatable bonds is 3. The third-order valence-corrected chi connectivity index (χ3v) is 5.44. The lowest BCUT2D eigenvalue weighted by atomic mass is 10.3. The monoisotopic (exact) mass is 476 g/mol. The maximum absolute atomic E-state index is 13.2. The van der Waals surface area contributed by atoms with Crippen LogP contribution in [0.15, 0.2) is 38.2 Å². The minimum absolute atomic E-state index is 0.00843. The van der Waals surface area contributed by atoms with Crippen LogP contribution >= 0.6 is 55.1 Å². The van der Waals surface area contributed by atoms with Crippen LogP contribution in [0.3, 0.4) is 0 Å². The predicted molar refractivity (Wildman–Crippen MR) is 86.9 cm³/mol. The number of sulfonamides is 1. The van der Waals surface area contributed by atoms with Gasteiger partial charge in [-0.05, 0) is 50.1 Å². The molecule has 0 unspecified atom stereocenters. The third-order valence-electron chi connectivity index (χ3n) is 2.31. The van der Waals surface area contributed by atoms with E-state index in [-0.39, 0.29) is 25.2 Å². The molecule has 0 bridgehead atoms. The summed E-state index contributed by atoms with van der Waals surface area (Å²) in [6, 6.07) is 3.37. The number of pyridine rings is 1. The van der Waals surface area contributed by atoms with Gasteiger partial charge in [0.25, 0.3) is 10.0 Å². The largest absolute Gasteiger partial charge is 0.277 e. The van der Waals surface area contributed by atoms with Crippen LogP contribution in [0.5, 0.6) is 0 Å². The molecule has 4 nitrogen and oxygen atoms in total. The van der Waals surface area contributed by atoms with E-state index < -0.39 is 15.8 Å². The first-order valence-electron chi connectivity index (χ1n) is 5.19. The van der Waals surface area contributed by atoms with E-state index in [1.165, 1.54) is 12.3 Å². The van der Waals surface area contributed by atoms with Crippen molar-refractivity contribution in [2.45, 2.75) is 4.90 Å². The number of nitrogens with one attached hydrogen (secondary N) is 1. The zero-order valence-electron chi connectivity index (χ0n) is 9.87. The van der Waals surface area contributed by atoms with E-state index in [0.29, 0.717) is 4.47 Å². The highest BCUT2D eigenvalue weighted by Gasteiger charge is 2.22. The lowest BCUT2D eigenvalue weighted by Crippen LogP contribution is -2.15. The summed E-state index contributed by atoms with van der Waals surface area (Å²) in [5, 5.41) is -0.287. The first-order chi connectivity index (χ1) is 9.70. The Morgan fingerprint density at radius 2 is 1.86 bits per heavy atom. The van der Waals surface area contributed by atoms with Crippen molar-refractivity contribution < 1.29 is 12.8 Å². The molecule has 0 aliphatic heterocycles. The van der Waals surface area contributed by atoms with Crippen LogP contribution < -0.4 is 4.72 Å². The van der Waals surface area contributed by atoms with Crippen molar-refractivity contribution in [3.8, 4) is 0 Å². The molecule has 0 aliphatic carbocycles. The molecule has 0 saturated heterocycles. The van der Waals surface area contributed by atoms with E-state index in [1.807, 2.05) is 0 Å². The van der Waals surface area contributed by atoms with E-state index in [4.69, 9.17) is 23.2 Å². The highest BCUT2D eigenvalue weighted by Crippen LogP contribution is 2.34. The lowest BCUT2D eigenvalue weighted by Gasteiger charge is -2.12. The quantitative estimate of drug-likeness (QED) is 0.641. The summed E-state index contributed by atoms with van der Waals surface area (Å²) in [6.45, 7) is 0. The fourth-order valence-corrected chi connectivity index (χ4v) is 4.55. The average Bonchev–Trinajstić information content (AvgIpc) is 2.36. The van der Waals surface area contributed by atoms with Crippen LogP contribution in [0, 0.1) is 5.82 Å². The van der Waals surface area contributed by atoms with Crippen LogP contribution in [0.1, 0.15) is 0 Å². The van der Waals surface area contributed by atoms with Crippen LogP contribution in [-0.2, 0) is 10.0 Å². The Labute approximate surface area is 147 Å². The van der Waals surface area contributed by atoms with E-state index in [0.717, 1.165) is 12.1 Å². The number of hydrogen-bond donors (Lipinski definition) is 1. The molecule has 0 spiro atoms. The number of nitrogens with zero attached hydrogens (tertiary/aromatic N) is 1. The van der Waals surface area contributed by atoms with Crippen molar-refractivity contribution in [3.63, 3.8) is 0 Å². The van der Waals surface area contributed by atoms with Crippen molar-refractivity contribution >= 4 is 70.8 Å². The van der Waals surface area contributed by atoms with Gasteiger partial charge in [0.1, 0.15) is 15.9 Å². The summed E-state index contributed by atoms with van der Waals surface area (Å²) in [5.41, 5.74) is 0.00843. The van der Waals surface area contributed by atoms with Gasteiger partial charge in [0.15, 0.2) is 0 Å². The molecule has 0 atom stereocenters. The minimum atomic E-state index is -4.04. The van der Waals surface area contributed by atoms with Gasteiger partial charge in [0.05, 0.1) is 10.7 Å². The molecule has 112 valence electrons. The first-order valence-corrected chi connectivity index (χ1v) is 9.01. The van der Waals surface area contributed by atoms with Gasteiger partial charge in [-0.25, -0.2) is 17.8 Å². The van der Waals surface area contributed by atoms with Crippen LogP contribution in [0.25, 0.3) is 0 Å². The fourth-order valence-electron chi connectivity index (χ4n) is 1.42. The van der Waals surface area contributed by atoms with E-state index in [9.17, 15) is 12.8 Å². The molecule has 1 aromatic carbocycles. The van der Waals surface area contributed by atoms with Gasteiger partial charge < -0.3 is 0 Å². The Hall–Kier alpha value is -0.410. The van der Waals surface area contributed by atoms with Crippen molar-refractivity contribution in [1.82, 2.24) is 4.98 Å². The topological polar surface area (TPSA) is 59.1 Å². The Morgan fingerprint density at radius 1 is 1.19 bits per heavy atom. The molecule has 1 N–H and O–H groups in total. The molecule has 2 aromatic rings. The summed E-state index contributed by atoms with van der Waals surface area (Å²) >= 11 is 17.8. The Kier molecular flexibility index (Phi) is 5.15. The number of halogens is 5. The molecule has 0 saturated carbocycles. The molecular formula is C11H5Br2Cl2FN2O2S. The van der Waals surface area contributed by atoms with E-state index >= 15 is 0 Å². The summed E-state index contributed by atoms with van der Waals surface area (Å²) in [6.07, 6.45) is 1.36. The third kappa shape index (κ3) is 3.87. The second kappa shape index (κ2) is 6.37. The van der Waals surface area contributed by atoms with E-state index in [1.54, 1.807) is 0 Å². The summed E-state index contributed by atoms with van der Waals surface area (Å²) in [5.74, 6) is -0.600. The van der Waals surface area contributed by atoms with Gasteiger partial charge in [0.2, 0.25) is 0 Å². The number of hydrogen-bond acceptors (Lipinski definition) is 3. The first kappa shape index (κ1) is 17.0. The summed E-state index contributed by atoms with van der Waals surface area (Å²) in [4.78, 5) is 3.51. The van der Waals surface area contributed by atoms with Gasteiger partial charge in [-0.15, -0.1) is 0 Å². The second-order valence-electron chi connectivity index (χ2n) is 3.79. The molecule has 0 radical (unpaired) electrons. The molecular weight excluding hydrogens is 474 g/mol. The molecule has 0 fully saturated rings. The van der Waals surface area contributed by atoms with Crippen molar-refractivity contribution in [2.75, 3.05) is 4.72 Å². The van der Waals surface area contributed by atoms with Gasteiger partial charge in [-0.2, -0.15) is 0 Å². The van der Waals surface area contributed by atoms with Gasteiger partial charge in [0, 0.05) is 15.1 Å². The second-order valence-corrected chi connectivity index (χ2v) is 7.98. The van der Waals surface area contributed by atoms with Crippen LogP contribution in [0.4, 0.5) is 10.1 Å². The Bertz CT molecular complexity index is 795. The fraction of sp³-hybridized carbons (Fsp3) is 0. The van der Waals surface area contributed by atoms with Crippen LogP contribution in [0.2, 0.25) is 10.2 Å². The SMILES string of the molecule is O=S(=O)(Nc1c(Cl)cc(F)cc1Br)c1cc(Br)cnc1Cl. The number of aromatic nitrogens is 1. The van der Waals surface area contributed by atoms with Gasteiger partial charge >= 0.3 is 0 Å². The predicted octanol–water partition coefficient (Wildman–Crippen LogP) is 4.85. The van der Waals surface area contributed by atoms with Gasteiger partial charge in [-0.1, -0.05) is 23.2 Å². The average molecular weight is 479 g/mol. The summed E-state index contributed by atoms with van der Waals surface area (Å²) in [7, 11) is -4.04. The lowest BCUT2D eigenvalue weighted by molar-refractivity contribution is 0.600. The maximum atomic E-state index is 13.2. The van der Waals surface area contributed by atoms with Crippen molar-refractivity contribution in [3.05, 3.63) is 49.3 Å². The normalized spacial score (nSPS) is 11.5.